The first-order valence-electron chi connectivity index (χ1n) is 11.7. The van der Waals surface area contributed by atoms with Crippen molar-refractivity contribution < 1.29 is 20.1 Å². The van der Waals surface area contributed by atoms with Gasteiger partial charge in [0.05, 0.1) is 5.56 Å². The van der Waals surface area contributed by atoms with Crippen LogP contribution < -0.4 is 0 Å². The molecule has 0 heterocycles. The van der Waals surface area contributed by atoms with Crippen LogP contribution in [0.25, 0.3) is 0 Å². The molecule has 3 rings (SSSR count). The van der Waals surface area contributed by atoms with Crippen molar-refractivity contribution in [2.75, 3.05) is 0 Å². The number of phenolic OH excluding ortho intramolecular Hbond substituents is 3. The third kappa shape index (κ3) is 7.11. The zero-order valence-electron chi connectivity index (χ0n) is 20.2. The van der Waals surface area contributed by atoms with E-state index in [0.29, 0.717) is 23.3 Å². The fourth-order valence-corrected chi connectivity index (χ4v) is 3.76. The van der Waals surface area contributed by atoms with E-state index in [4.69, 9.17) is 0 Å². The van der Waals surface area contributed by atoms with Crippen LogP contribution in [0.5, 0.6) is 17.2 Å². The van der Waals surface area contributed by atoms with Gasteiger partial charge in [0, 0.05) is 11.1 Å². The molecule has 0 aliphatic carbocycles. The van der Waals surface area contributed by atoms with Crippen molar-refractivity contribution in [3.05, 3.63) is 88.0 Å². The Hall–Kier alpha value is -3.27. The van der Waals surface area contributed by atoms with E-state index in [1.54, 1.807) is 24.3 Å². The molecular weight excluding hydrogens is 412 g/mol. The number of rotatable bonds is 8. The Kier molecular flexibility index (Phi) is 9.99. The van der Waals surface area contributed by atoms with Crippen molar-refractivity contribution in [3.8, 4) is 17.2 Å². The molecule has 0 unspecified atom stereocenters. The summed E-state index contributed by atoms with van der Waals surface area (Å²) in [4.78, 5) is 12.4. The second-order valence-corrected chi connectivity index (χ2v) is 8.45. The fraction of sp³-hybridized carbons (Fsp3) is 0.345. The summed E-state index contributed by atoms with van der Waals surface area (Å²) < 4.78 is 0. The molecule has 3 aromatic carbocycles. The number of ketones is 1. The number of aryl methyl sites for hydroxylation is 3. The smallest absolute Gasteiger partial charge is 0.196 e. The summed E-state index contributed by atoms with van der Waals surface area (Å²) in [5.41, 5.74) is 4.54. The molecule has 3 aromatic rings. The SMILES string of the molecule is CCCCc1c(O)ccc(C(=O)c2ccccc2)c1O.CCCCc1cc(C)cc(C)c1O. The van der Waals surface area contributed by atoms with E-state index in [-0.39, 0.29) is 22.8 Å². The Bertz CT molecular complexity index is 1050. The number of aromatic hydroxyl groups is 3. The van der Waals surface area contributed by atoms with Crippen LogP contribution in [0.2, 0.25) is 0 Å². The lowest BCUT2D eigenvalue weighted by Gasteiger charge is -2.11. The topological polar surface area (TPSA) is 77.8 Å². The summed E-state index contributed by atoms with van der Waals surface area (Å²) in [6.07, 6.45) is 5.68. The van der Waals surface area contributed by atoms with Gasteiger partial charge in [-0.1, -0.05) is 74.7 Å². The van der Waals surface area contributed by atoms with E-state index in [1.807, 2.05) is 26.0 Å². The highest BCUT2D eigenvalue weighted by Gasteiger charge is 2.18. The molecule has 0 fully saturated rings. The normalized spacial score (nSPS) is 10.4. The van der Waals surface area contributed by atoms with Gasteiger partial charge in [-0.3, -0.25) is 4.79 Å². The van der Waals surface area contributed by atoms with Gasteiger partial charge in [-0.25, -0.2) is 0 Å². The monoisotopic (exact) mass is 448 g/mol. The maximum atomic E-state index is 12.4. The summed E-state index contributed by atoms with van der Waals surface area (Å²) >= 11 is 0. The van der Waals surface area contributed by atoms with Crippen LogP contribution in [0.15, 0.2) is 54.6 Å². The summed E-state index contributed by atoms with van der Waals surface area (Å²) in [6, 6.07) is 15.9. The summed E-state index contributed by atoms with van der Waals surface area (Å²) in [5, 5.41) is 29.8. The fourth-order valence-electron chi connectivity index (χ4n) is 3.76. The van der Waals surface area contributed by atoms with Gasteiger partial charge < -0.3 is 15.3 Å². The van der Waals surface area contributed by atoms with Crippen LogP contribution in [0.4, 0.5) is 0 Å². The van der Waals surface area contributed by atoms with Gasteiger partial charge in [0.25, 0.3) is 0 Å². The van der Waals surface area contributed by atoms with Gasteiger partial charge in [-0.15, -0.1) is 0 Å². The number of unbranched alkanes of at least 4 members (excludes halogenated alkanes) is 2. The molecule has 0 atom stereocenters. The van der Waals surface area contributed by atoms with Crippen molar-refractivity contribution in [1.29, 1.82) is 0 Å². The van der Waals surface area contributed by atoms with E-state index in [1.165, 1.54) is 24.1 Å². The van der Waals surface area contributed by atoms with Crippen LogP contribution in [0.1, 0.15) is 77.7 Å². The molecule has 33 heavy (non-hydrogen) atoms. The standard InChI is InChI=1S/C17H18O3.C12H18O/c1-2-3-9-13-15(18)11-10-14(17(13)20)16(19)12-7-5-4-6-8-12;1-4-5-6-11-8-9(2)7-10(3)12(11)13/h4-8,10-11,18,20H,2-3,9H2,1H3;7-8,13H,4-6H2,1-3H3. The minimum absolute atomic E-state index is 0.0422. The Morgan fingerprint density at radius 2 is 1.42 bits per heavy atom. The molecule has 4 nitrogen and oxygen atoms in total. The molecule has 0 saturated carbocycles. The van der Waals surface area contributed by atoms with Gasteiger partial charge in [-0.05, 0) is 62.8 Å². The minimum atomic E-state index is -0.235. The molecule has 0 aliphatic rings. The van der Waals surface area contributed by atoms with Crippen LogP contribution in [0.3, 0.4) is 0 Å². The van der Waals surface area contributed by atoms with Crippen molar-refractivity contribution in [1.82, 2.24) is 0 Å². The summed E-state index contributed by atoms with van der Waals surface area (Å²) in [6.45, 7) is 8.23. The molecule has 0 amide bonds. The molecule has 0 bridgehead atoms. The predicted molar refractivity (Wildman–Crippen MR) is 134 cm³/mol. The second kappa shape index (κ2) is 12.7. The molecule has 4 heteroatoms. The number of benzene rings is 3. The van der Waals surface area contributed by atoms with Crippen LogP contribution in [0, 0.1) is 13.8 Å². The Morgan fingerprint density at radius 1 is 0.788 bits per heavy atom. The van der Waals surface area contributed by atoms with Crippen LogP contribution in [-0.2, 0) is 12.8 Å². The van der Waals surface area contributed by atoms with Crippen LogP contribution in [-0.4, -0.2) is 21.1 Å². The van der Waals surface area contributed by atoms with Gasteiger partial charge in [-0.2, -0.15) is 0 Å². The highest BCUT2D eigenvalue weighted by molar-refractivity contribution is 6.11. The summed E-state index contributed by atoms with van der Waals surface area (Å²) in [7, 11) is 0. The molecule has 0 aliphatic heterocycles. The number of carbonyl (C=O) groups excluding carboxylic acids is 1. The Balaban J connectivity index is 0.000000257. The van der Waals surface area contributed by atoms with E-state index >= 15 is 0 Å². The highest BCUT2D eigenvalue weighted by Crippen LogP contribution is 2.33. The van der Waals surface area contributed by atoms with E-state index in [0.717, 1.165) is 36.8 Å². The van der Waals surface area contributed by atoms with Crippen molar-refractivity contribution in [2.24, 2.45) is 0 Å². The summed E-state index contributed by atoms with van der Waals surface area (Å²) in [5.74, 6) is 0.188. The lowest BCUT2D eigenvalue weighted by atomic mass is 9.97. The molecule has 0 radical (unpaired) electrons. The molecule has 0 aromatic heterocycles. The number of hydrogen-bond acceptors (Lipinski definition) is 4. The van der Waals surface area contributed by atoms with Crippen molar-refractivity contribution in [2.45, 2.75) is 66.2 Å². The van der Waals surface area contributed by atoms with E-state index < -0.39 is 0 Å². The third-order valence-corrected chi connectivity index (χ3v) is 5.64. The zero-order valence-corrected chi connectivity index (χ0v) is 20.2. The number of hydrogen-bond donors (Lipinski definition) is 3. The molecule has 0 spiro atoms. The quantitative estimate of drug-likeness (QED) is 0.324. The largest absolute Gasteiger partial charge is 0.508 e. The molecular formula is C29H36O4. The van der Waals surface area contributed by atoms with Gasteiger partial charge >= 0.3 is 0 Å². The van der Waals surface area contributed by atoms with E-state index in [2.05, 4.69) is 19.9 Å². The maximum absolute atomic E-state index is 12.4. The van der Waals surface area contributed by atoms with Crippen LogP contribution >= 0.6 is 0 Å². The average Bonchev–Trinajstić information content (AvgIpc) is 2.81. The first-order valence-corrected chi connectivity index (χ1v) is 11.7. The first-order chi connectivity index (χ1) is 15.8. The first kappa shape index (κ1) is 26.0. The lowest BCUT2D eigenvalue weighted by Crippen LogP contribution is -2.03. The van der Waals surface area contributed by atoms with E-state index in [9.17, 15) is 20.1 Å². The molecule has 176 valence electrons. The number of phenols is 3. The Labute approximate surface area is 197 Å². The molecule has 0 saturated heterocycles. The third-order valence-electron chi connectivity index (χ3n) is 5.64. The van der Waals surface area contributed by atoms with Crippen molar-refractivity contribution in [3.63, 3.8) is 0 Å². The highest BCUT2D eigenvalue weighted by atomic mass is 16.3. The predicted octanol–water partition coefficient (Wildman–Crippen LogP) is 7.02. The van der Waals surface area contributed by atoms with Gasteiger partial charge in [0.15, 0.2) is 5.78 Å². The Morgan fingerprint density at radius 3 is 2.06 bits per heavy atom. The van der Waals surface area contributed by atoms with Crippen molar-refractivity contribution >= 4 is 5.78 Å². The maximum Gasteiger partial charge on any atom is 0.196 e. The average molecular weight is 449 g/mol. The number of carbonyl (C=O) groups is 1. The van der Waals surface area contributed by atoms with Gasteiger partial charge in [0.2, 0.25) is 0 Å². The second-order valence-electron chi connectivity index (χ2n) is 8.45. The van der Waals surface area contributed by atoms with Gasteiger partial charge in [0.1, 0.15) is 17.2 Å². The minimum Gasteiger partial charge on any atom is -0.508 e. The molecule has 3 N–H and O–H groups in total. The lowest BCUT2D eigenvalue weighted by molar-refractivity contribution is 0.103. The zero-order chi connectivity index (χ0) is 24.4.